The summed E-state index contributed by atoms with van der Waals surface area (Å²) in [5.41, 5.74) is -0.258. The van der Waals surface area contributed by atoms with Crippen LogP contribution in [0.5, 0.6) is 5.75 Å². The lowest BCUT2D eigenvalue weighted by molar-refractivity contribution is -0.156. The Bertz CT molecular complexity index is 1330. The van der Waals surface area contributed by atoms with Crippen molar-refractivity contribution in [3.63, 3.8) is 0 Å². The van der Waals surface area contributed by atoms with Gasteiger partial charge in [-0.2, -0.15) is 8.78 Å². The van der Waals surface area contributed by atoms with Crippen molar-refractivity contribution < 1.29 is 42.2 Å². The third kappa shape index (κ3) is 9.69. The van der Waals surface area contributed by atoms with Gasteiger partial charge in [0.05, 0.1) is 17.2 Å². The highest BCUT2D eigenvalue weighted by Gasteiger charge is 2.34. The van der Waals surface area contributed by atoms with E-state index in [0.29, 0.717) is 30.2 Å². The van der Waals surface area contributed by atoms with Crippen molar-refractivity contribution in [2.24, 2.45) is 23.2 Å². The number of hydrogen-bond acceptors (Lipinski definition) is 7. The number of Topliss-reactive ketones (excluding diaryl/α,β-unsaturated/α-hetero) is 3. The number of ketones is 3. The van der Waals surface area contributed by atoms with Gasteiger partial charge in [0.2, 0.25) is 5.91 Å². The van der Waals surface area contributed by atoms with E-state index in [1.807, 2.05) is 13.8 Å². The number of halogens is 2. The number of carbonyl (C=O) groups is 5. The molecule has 0 spiro atoms. The summed E-state index contributed by atoms with van der Waals surface area (Å²) in [5, 5.41) is 3.08. The van der Waals surface area contributed by atoms with Crippen LogP contribution >= 0.6 is 0 Å². The van der Waals surface area contributed by atoms with Crippen molar-refractivity contribution in [3.05, 3.63) is 30.0 Å². The topological polar surface area (TPSA) is 132 Å². The first-order valence-corrected chi connectivity index (χ1v) is 14.8. The van der Waals surface area contributed by atoms with E-state index in [1.54, 1.807) is 26.8 Å². The van der Waals surface area contributed by atoms with Gasteiger partial charge in [-0.05, 0) is 70.6 Å². The monoisotopic (exact) mass is 604 g/mol. The summed E-state index contributed by atoms with van der Waals surface area (Å²) in [6.45, 7) is 5.20. The van der Waals surface area contributed by atoms with Gasteiger partial charge in [-0.3, -0.25) is 24.0 Å². The number of aromatic amines is 1. The molecule has 1 aromatic carbocycles. The van der Waals surface area contributed by atoms with Gasteiger partial charge in [0.25, 0.3) is 0 Å². The Labute approximate surface area is 250 Å². The Morgan fingerprint density at radius 2 is 1.84 bits per heavy atom. The van der Waals surface area contributed by atoms with E-state index in [9.17, 15) is 32.8 Å². The van der Waals surface area contributed by atoms with Crippen molar-refractivity contribution in [1.82, 2.24) is 10.3 Å². The molecule has 1 saturated carbocycles. The van der Waals surface area contributed by atoms with Crippen LogP contribution in [0.2, 0.25) is 0 Å². The molecule has 11 heteroatoms. The molecule has 236 valence electrons. The number of esters is 1. The number of ether oxygens (including phenoxy) is 2. The number of nitrogens with one attached hydrogen (secondary N) is 2. The molecule has 43 heavy (non-hydrogen) atoms. The van der Waals surface area contributed by atoms with Crippen LogP contribution in [0.1, 0.15) is 90.1 Å². The third-order valence-electron chi connectivity index (χ3n) is 7.56. The molecule has 1 aromatic heterocycles. The number of rotatable bonds is 14. The minimum Gasteiger partial charge on any atom is -0.457 e. The number of H-pyrrole nitrogens is 1. The van der Waals surface area contributed by atoms with Gasteiger partial charge in [0, 0.05) is 35.6 Å². The zero-order valence-electron chi connectivity index (χ0n) is 25.5. The van der Waals surface area contributed by atoms with Crippen molar-refractivity contribution >= 4 is 40.1 Å². The normalized spacial score (nSPS) is 17.1. The largest absolute Gasteiger partial charge is 0.457 e. The number of fused-ring (bicyclic) bond motifs is 1. The Balaban J connectivity index is 1.79. The number of carbonyl (C=O) groups excluding carboxylic acids is 5. The van der Waals surface area contributed by atoms with Gasteiger partial charge in [-0.15, -0.1) is 0 Å². The lowest BCUT2D eigenvalue weighted by atomic mass is 9.82. The molecule has 9 nitrogen and oxygen atoms in total. The molecule has 3 atom stereocenters. The molecule has 2 N–H and O–H groups in total. The summed E-state index contributed by atoms with van der Waals surface area (Å²) in [6, 6.07) is 4.87. The summed E-state index contributed by atoms with van der Waals surface area (Å²) in [4.78, 5) is 67.9. The number of alkyl halides is 2. The molecule has 3 rings (SSSR count). The highest BCUT2D eigenvalue weighted by Crippen LogP contribution is 2.30. The van der Waals surface area contributed by atoms with Gasteiger partial charge in [0.1, 0.15) is 11.5 Å². The van der Waals surface area contributed by atoms with Gasteiger partial charge in [-0.25, -0.2) is 0 Å². The minimum absolute atomic E-state index is 0.0270. The molecule has 1 heterocycles. The van der Waals surface area contributed by atoms with E-state index >= 15 is 0 Å². The smallest absolute Gasteiger partial charge is 0.387 e. The third-order valence-corrected chi connectivity index (χ3v) is 7.56. The minimum atomic E-state index is -3.03. The first-order chi connectivity index (χ1) is 20.1. The molecular formula is C32H42F2N2O7. The average molecular weight is 605 g/mol. The van der Waals surface area contributed by atoms with Crippen LogP contribution in [-0.4, -0.2) is 53.5 Å². The molecule has 0 unspecified atom stereocenters. The maximum absolute atomic E-state index is 13.6. The summed E-state index contributed by atoms with van der Waals surface area (Å²) < 4.78 is 35.5. The first-order valence-electron chi connectivity index (χ1n) is 14.8. The lowest BCUT2D eigenvalue weighted by Gasteiger charge is -2.27. The van der Waals surface area contributed by atoms with Crippen LogP contribution in [0.25, 0.3) is 10.9 Å². The second-order valence-corrected chi connectivity index (χ2v) is 12.7. The average Bonchev–Trinajstić information content (AvgIpc) is 3.36. The maximum atomic E-state index is 13.6. The van der Waals surface area contributed by atoms with Gasteiger partial charge in [0.15, 0.2) is 18.2 Å². The first kappa shape index (κ1) is 33.9. The molecule has 2 aromatic rings. The number of aromatic nitrogens is 1. The van der Waals surface area contributed by atoms with Crippen LogP contribution in [0, 0.1) is 23.2 Å². The molecule has 0 radical (unpaired) electrons. The quantitative estimate of drug-likeness (QED) is 0.206. The predicted octanol–water partition coefficient (Wildman–Crippen LogP) is 5.80. The molecule has 0 saturated heterocycles. The second kappa shape index (κ2) is 14.7. The van der Waals surface area contributed by atoms with E-state index < -0.39 is 60.0 Å². The molecule has 1 fully saturated rings. The van der Waals surface area contributed by atoms with Crippen molar-refractivity contribution in [2.45, 2.75) is 92.2 Å². The molecule has 1 aliphatic rings. The zero-order chi connectivity index (χ0) is 31.9. The van der Waals surface area contributed by atoms with Gasteiger partial charge in [-0.1, -0.05) is 26.3 Å². The van der Waals surface area contributed by atoms with E-state index in [1.165, 1.54) is 18.2 Å². The van der Waals surface area contributed by atoms with Gasteiger partial charge >= 0.3 is 12.6 Å². The SMILES string of the molecule is CC(C)C[C@H](CC(=O)c1cc2c(OC(F)F)cccc2[nH]1)C(=O)N[C@@H](C[C@@H]1CCCCC1=O)C(=O)COC(=O)C(C)(C)C. The molecule has 0 aliphatic heterocycles. The van der Waals surface area contributed by atoms with Crippen LogP contribution in [0.3, 0.4) is 0 Å². The van der Waals surface area contributed by atoms with E-state index in [0.717, 1.165) is 12.8 Å². The Morgan fingerprint density at radius 1 is 1.12 bits per heavy atom. The maximum Gasteiger partial charge on any atom is 0.387 e. The fraction of sp³-hybridized carbons (Fsp3) is 0.594. The number of benzene rings is 1. The van der Waals surface area contributed by atoms with Crippen molar-refractivity contribution in [3.8, 4) is 5.75 Å². The fourth-order valence-corrected chi connectivity index (χ4v) is 5.27. The van der Waals surface area contributed by atoms with Crippen LogP contribution in [-0.2, 0) is 23.9 Å². The molecular weight excluding hydrogens is 562 g/mol. The molecule has 1 aliphatic carbocycles. The fourth-order valence-electron chi connectivity index (χ4n) is 5.27. The predicted molar refractivity (Wildman–Crippen MR) is 156 cm³/mol. The van der Waals surface area contributed by atoms with Crippen molar-refractivity contribution in [1.29, 1.82) is 0 Å². The highest BCUT2D eigenvalue weighted by molar-refractivity contribution is 6.02. The van der Waals surface area contributed by atoms with Crippen molar-refractivity contribution in [2.75, 3.05) is 6.61 Å². The zero-order valence-corrected chi connectivity index (χ0v) is 25.5. The Kier molecular flexibility index (Phi) is 11.6. The van der Waals surface area contributed by atoms with E-state index in [-0.39, 0.29) is 36.0 Å². The second-order valence-electron chi connectivity index (χ2n) is 12.7. The molecule has 0 bridgehead atoms. The standard InChI is InChI=1S/C32H42F2N2O7/c1-18(2)13-20(15-26(38)24-16-21-22(35-24)10-8-12-28(21)43-31(33)34)29(40)36-23(14-19-9-6-7-11-25(19)37)27(39)17-42-30(41)32(3,4)5/h8,10,12,16,18-20,23,31,35H,6-7,9,11,13-15,17H2,1-5H3,(H,36,40)/t19-,20+,23-/m0/s1. The van der Waals surface area contributed by atoms with E-state index in [4.69, 9.17) is 4.74 Å². The number of amides is 1. The summed E-state index contributed by atoms with van der Waals surface area (Å²) in [7, 11) is 0. The summed E-state index contributed by atoms with van der Waals surface area (Å²) in [5.74, 6) is -3.26. The Hall–Kier alpha value is -3.63. The van der Waals surface area contributed by atoms with Crippen LogP contribution < -0.4 is 10.1 Å². The Morgan fingerprint density at radius 3 is 2.47 bits per heavy atom. The summed E-state index contributed by atoms with van der Waals surface area (Å²) in [6.07, 6.45) is 2.86. The highest BCUT2D eigenvalue weighted by atomic mass is 19.3. The van der Waals surface area contributed by atoms with Crippen LogP contribution in [0.4, 0.5) is 8.78 Å². The molecule has 1 amide bonds. The summed E-state index contributed by atoms with van der Waals surface area (Å²) >= 11 is 0. The number of hydrogen-bond donors (Lipinski definition) is 2. The van der Waals surface area contributed by atoms with Gasteiger partial charge < -0.3 is 19.8 Å². The lowest BCUT2D eigenvalue weighted by Crippen LogP contribution is -2.47. The van der Waals surface area contributed by atoms with E-state index in [2.05, 4.69) is 15.0 Å². The van der Waals surface area contributed by atoms with Crippen LogP contribution in [0.15, 0.2) is 24.3 Å².